The summed E-state index contributed by atoms with van der Waals surface area (Å²) in [7, 11) is 0. The van der Waals surface area contributed by atoms with E-state index in [1.54, 1.807) is 0 Å². The van der Waals surface area contributed by atoms with Gasteiger partial charge in [-0.1, -0.05) is 31.5 Å². The van der Waals surface area contributed by atoms with Gasteiger partial charge >= 0.3 is 0 Å². The number of para-hydroxylation sites is 1. The Labute approximate surface area is 80.7 Å². The van der Waals surface area contributed by atoms with Gasteiger partial charge in [0, 0.05) is 0 Å². The second-order valence-electron chi connectivity index (χ2n) is 3.06. The number of unbranched alkanes of at least 4 members (excludes halogenated alkanes) is 1. The largest absolute Gasteiger partial charge is 0.493 e. The van der Waals surface area contributed by atoms with Gasteiger partial charge in [0.05, 0.1) is 6.61 Å². The minimum Gasteiger partial charge on any atom is -0.493 e. The highest BCUT2D eigenvalue weighted by Gasteiger charge is 1.98. The Morgan fingerprint density at radius 3 is 2.77 bits per heavy atom. The first-order valence-corrected chi connectivity index (χ1v) is 4.88. The zero-order valence-corrected chi connectivity index (χ0v) is 8.25. The molecule has 0 atom stereocenters. The summed E-state index contributed by atoms with van der Waals surface area (Å²) in [5.74, 6) is 0.992. The molecule has 0 heterocycles. The molecule has 0 N–H and O–H groups in total. The minimum absolute atomic E-state index is 0.794. The van der Waals surface area contributed by atoms with Crippen LogP contribution in [0.5, 0.6) is 5.75 Å². The van der Waals surface area contributed by atoms with Crippen LogP contribution in [0.2, 0.25) is 0 Å². The van der Waals surface area contributed by atoms with Crippen molar-refractivity contribution >= 4 is 0 Å². The molecule has 1 heteroatoms. The van der Waals surface area contributed by atoms with Gasteiger partial charge < -0.3 is 4.74 Å². The van der Waals surface area contributed by atoms with E-state index in [2.05, 4.69) is 19.9 Å². The highest BCUT2D eigenvalue weighted by Crippen LogP contribution is 2.18. The van der Waals surface area contributed by atoms with Crippen molar-refractivity contribution in [3.63, 3.8) is 0 Å². The van der Waals surface area contributed by atoms with Gasteiger partial charge in [0.15, 0.2) is 0 Å². The van der Waals surface area contributed by atoms with Crippen molar-refractivity contribution in [3.05, 3.63) is 36.8 Å². The Bertz CT molecular complexity index is 243. The fourth-order valence-corrected chi connectivity index (χ4v) is 1.18. The van der Waals surface area contributed by atoms with Gasteiger partial charge in [-0.15, -0.1) is 0 Å². The molecule has 0 bridgehead atoms. The molecule has 0 aliphatic carbocycles. The van der Waals surface area contributed by atoms with E-state index in [0.717, 1.165) is 25.2 Å². The van der Waals surface area contributed by atoms with Crippen molar-refractivity contribution < 1.29 is 4.74 Å². The fraction of sp³-hybridized carbons (Fsp3) is 0.417. The maximum atomic E-state index is 5.63. The topological polar surface area (TPSA) is 9.23 Å². The Kier molecular flexibility index (Phi) is 4.37. The van der Waals surface area contributed by atoms with Crippen LogP contribution in [0.3, 0.4) is 0 Å². The van der Waals surface area contributed by atoms with E-state index in [1.165, 1.54) is 12.0 Å². The first-order valence-electron chi connectivity index (χ1n) is 4.88. The molecule has 1 aromatic rings. The zero-order valence-electron chi connectivity index (χ0n) is 8.25. The van der Waals surface area contributed by atoms with Crippen molar-refractivity contribution in [1.29, 1.82) is 0 Å². The number of hydrogen-bond donors (Lipinski definition) is 0. The maximum Gasteiger partial charge on any atom is 0.122 e. The average Bonchev–Trinajstić information content (AvgIpc) is 2.19. The van der Waals surface area contributed by atoms with Gasteiger partial charge in [0.2, 0.25) is 0 Å². The molecule has 0 saturated carbocycles. The summed E-state index contributed by atoms with van der Waals surface area (Å²) >= 11 is 0. The van der Waals surface area contributed by atoms with Gasteiger partial charge in [-0.2, -0.15) is 0 Å². The predicted molar refractivity (Wildman–Crippen MR) is 55.9 cm³/mol. The number of ether oxygens (including phenoxy) is 1. The van der Waals surface area contributed by atoms with Crippen LogP contribution in [0.25, 0.3) is 0 Å². The number of hydrogen-bond acceptors (Lipinski definition) is 1. The molecule has 1 aromatic carbocycles. The van der Waals surface area contributed by atoms with E-state index in [9.17, 15) is 0 Å². The van der Waals surface area contributed by atoms with Gasteiger partial charge in [-0.25, -0.2) is 0 Å². The summed E-state index contributed by atoms with van der Waals surface area (Å²) < 4.78 is 5.63. The molecule has 0 spiro atoms. The van der Waals surface area contributed by atoms with Crippen LogP contribution in [0, 0.1) is 6.92 Å². The molecule has 1 radical (unpaired) electrons. The molecule has 0 saturated heterocycles. The van der Waals surface area contributed by atoms with E-state index >= 15 is 0 Å². The summed E-state index contributed by atoms with van der Waals surface area (Å²) in [4.78, 5) is 0. The molecule has 0 fully saturated rings. The van der Waals surface area contributed by atoms with Crippen molar-refractivity contribution in [2.45, 2.75) is 26.2 Å². The summed E-state index contributed by atoms with van der Waals surface area (Å²) in [5.41, 5.74) is 1.19. The van der Waals surface area contributed by atoms with Crippen molar-refractivity contribution in [2.75, 3.05) is 6.61 Å². The molecule has 0 amide bonds. The number of benzene rings is 1. The lowest BCUT2D eigenvalue weighted by Crippen LogP contribution is -1.98. The average molecular weight is 177 g/mol. The first kappa shape index (κ1) is 10.1. The molecular formula is C12H17O. The van der Waals surface area contributed by atoms with E-state index in [-0.39, 0.29) is 0 Å². The zero-order chi connectivity index (χ0) is 9.52. The van der Waals surface area contributed by atoms with Crippen LogP contribution in [-0.2, 0) is 6.42 Å². The van der Waals surface area contributed by atoms with Crippen LogP contribution in [0.15, 0.2) is 24.3 Å². The smallest absolute Gasteiger partial charge is 0.122 e. The van der Waals surface area contributed by atoms with Crippen LogP contribution in [0.4, 0.5) is 0 Å². The molecule has 13 heavy (non-hydrogen) atoms. The molecule has 0 aromatic heterocycles. The standard InChI is InChI=1S/C12H17O/c1-3-5-10-13-12-9-7-6-8-11(12)4-2/h6-9H,2-5,10H2,1H3. The third-order valence-electron chi connectivity index (χ3n) is 2.00. The summed E-state index contributed by atoms with van der Waals surface area (Å²) in [6.45, 7) is 6.84. The highest BCUT2D eigenvalue weighted by molar-refractivity contribution is 5.33. The summed E-state index contributed by atoms with van der Waals surface area (Å²) in [6.07, 6.45) is 3.08. The van der Waals surface area contributed by atoms with E-state index in [1.807, 2.05) is 18.2 Å². The normalized spacial score (nSPS) is 10.0. The van der Waals surface area contributed by atoms with Gasteiger partial charge in [0.1, 0.15) is 5.75 Å². The lowest BCUT2D eigenvalue weighted by molar-refractivity contribution is 0.307. The van der Waals surface area contributed by atoms with E-state index < -0.39 is 0 Å². The summed E-state index contributed by atoms with van der Waals surface area (Å²) in [6, 6.07) is 8.10. The number of rotatable bonds is 5. The van der Waals surface area contributed by atoms with Crippen molar-refractivity contribution in [2.24, 2.45) is 0 Å². The Morgan fingerprint density at radius 1 is 1.31 bits per heavy atom. The predicted octanol–water partition coefficient (Wildman–Crippen LogP) is 3.24. The monoisotopic (exact) mass is 177 g/mol. The molecular weight excluding hydrogens is 160 g/mol. The Balaban J connectivity index is 2.54. The van der Waals surface area contributed by atoms with Crippen molar-refractivity contribution in [1.82, 2.24) is 0 Å². The quantitative estimate of drug-likeness (QED) is 0.627. The first-order chi connectivity index (χ1) is 6.38. The molecule has 0 aliphatic heterocycles. The Hall–Kier alpha value is -0.980. The van der Waals surface area contributed by atoms with Crippen LogP contribution in [-0.4, -0.2) is 6.61 Å². The third kappa shape index (κ3) is 3.10. The van der Waals surface area contributed by atoms with Crippen LogP contribution in [0.1, 0.15) is 25.3 Å². The third-order valence-corrected chi connectivity index (χ3v) is 2.00. The maximum absolute atomic E-state index is 5.63. The highest BCUT2D eigenvalue weighted by atomic mass is 16.5. The SMILES string of the molecule is [CH2]Cc1ccccc1OCCCC. The molecule has 71 valence electrons. The van der Waals surface area contributed by atoms with Crippen LogP contribution >= 0.6 is 0 Å². The second-order valence-corrected chi connectivity index (χ2v) is 3.06. The van der Waals surface area contributed by atoms with Crippen LogP contribution < -0.4 is 4.74 Å². The van der Waals surface area contributed by atoms with Gasteiger partial charge in [-0.05, 0) is 31.4 Å². The van der Waals surface area contributed by atoms with Crippen molar-refractivity contribution in [3.8, 4) is 5.75 Å². The van der Waals surface area contributed by atoms with Gasteiger partial charge in [-0.3, -0.25) is 0 Å². The Morgan fingerprint density at radius 2 is 2.08 bits per heavy atom. The lowest BCUT2D eigenvalue weighted by atomic mass is 10.1. The summed E-state index contributed by atoms with van der Waals surface area (Å²) in [5, 5.41) is 0. The minimum atomic E-state index is 0.794. The molecule has 0 aliphatic rings. The molecule has 1 rings (SSSR count). The lowest BCUT2D eigenvalue weighted by Gasteiger charge is -2.08. The van der Waals surface area contributed by atoms with E-state index in [0.29, 0.717) is 0 Å². The molecule has 0 unspecified atom stereocenters. The van der Waals surface area contributed by atoms with E-state index in [4.69, 9.17) is 4.74 Å². The second kappa shape index (κ2) is 5.63. The van der Waals surface area contributed by atoms with Gasteiger partial charge in [0.25, 0.3) is 0 Å². The fourth-order valence-electron chi connectivity index (χ4n) is 1.18. The molecule has 1 nitrogen and oxygen atoms in total.